The molecule has 1 aliphatic heterocycles. The number of urea groups is 1. The highest BCUT2D eigenvalue weighted by Crippen LogP contribution is 2.29. The molecule has 1 N–H and O–H groups in total. The molecule has 5 nitrogen and oxygen atoms in total. The molecule has 0 radical (unpaired) electrons. The van der Waals surface area contributed by atoms with Gasteiger partial charge in [0.1, 0.15) is 5.75 Å². The lowest BCUT2D eigenvalue weighted by Crippen LogP contribution is -2.50. The molecule has 0 spiro atoms. The molecule has 0 aliphatic carbocycles. The molecule has 1 aliphatic rings. The molecule has 2 amide bonds. The van der Waals surface area contributed by atoms with E-state index in [1.54, 1.807) is 0 Å². The van der Waals surface area contributed by atoms with Crippen LogP contribution in [-0.4, -0.2) is 43.2 Å². The number of hydrogen-bond acceptors (Lipinski definition) is 3. The van der Waals surface area contributed by atoms with Crippen molar-refractivity contribution < 1.29 is 9.53 Å². The molecule has 2 aromatic rings. The maximum absolute atomic E-state index is 12.6. The second kappa shape index (κ2) is 8.33. The van der Waals surface area contributed by atoms with Crippen molar-refractivity contribution in [2.45, 2.75) is 33.8 Å². The quantitative estimate of drug-likeness (QED) is 0.869. The topological polar surface area (TPSA) is 44.8 Å². The summed E-state index contributed by atoms with van der Waals surface area (Å²) in [6.45, 7) is 11.1. The van der Waals surface area contributed by atoms with Crippen LogP contribution in [0.25, 0.3) is 0 Å². The Hall–Kier alpha value is -2.69. The van der Waals surface area contributed by atoms with E-state index in [9.17, 15) is 4.79 Å². The molecule has 3 rings (SSSR count). The van der Waals surface area contributed by atoms with Gasteiger partial charge in [-0.15, -0.1) is 0 Å². The number of amides is 2. The van der Waals surface area contributed by atoms with Gasteiger partial charge in [0.05, 0.1) is 11.8 Å². The van der Waals surface area contributed by atoms with Crippen molar-refractivity contribution in [1.82, 2.24) is 4.90 Å². The number of aryl methyl sites for hydroxylation is 2. The van der Waals surface area contributed by atoms with E-state index in [0.29, 0.717) is 13.1 Å². The van der Waals surface area contributed by atoms with Crippen LogP contribution in [0.15, 0.2) is 42.5 Å². The lowest BCUT2D eigenvalue weighted by molar-refractivity contribution is 0.207. The average molecular weight is 367 g/mol. The molecule has 0 saturated carbocycles. The molecule has 1 heterocycles. The summed E-state index contributed by atoms with van der Waals surface area (Å²) >= 11 is 0. The highest BCUT2D eigenvalue weighted by atomic mass is 16.5. The third-order valence-corrected chi connectivity index (χ3v) is 4.89. The van der Waals surface area contributed by atoms with Gasteiger partial charge in [-0.3, -0.25) is 0 Å². The second-order valence-corrected chi connectivity index (χ2v) is 7.34. The molecular weight excluding hydrogens is 338 g/mol. The lowest BCUT2D eigenvalue weighted by atomic mass is 10.1. The van der Waals surface area contributed by atoms with E-state index in [1.165, 1.54) is 11.1 Å². The first-order valence-electron chi connectivity index (χ1n) is 9.58. The van der Waals surface area contributed by atoms with E-state index < -0.39 is 0 Å². The van der Waals surface area contributed by atoms with Crippen molar-refractivity contribution in [3.8, 4) is 5.75 Å². The van der Waals surface area contributed by atoms with Crippen LogP contribution in [0.3, 0.4) is 0 Å². The Labute approximate surface area is 161 Å². The number of anilines is 2. The van der Waals surface area contributed by atoms with E-state index in [1.807, 2.05) is 55.1 Å². The van der Waals surface area contributed by atoms with Crippen molar-refractivity contribution in [2.75, 3.05) is 36.4 Å². The van der Waals surface area contributed by atoms with Gasteiger partial charge in [0.2, 0.25) is 0 Å². The maximum atomic E-state index is 12.6. The molecule has 0 aromatic heterocycles. The second-order valence-electron chi connectivity index (χ2n) is 7.34. The largest absolute Gasteiger partial charge is 0.489 e. The van der Waals surface area contributed by atoms with Gasteiger partial charge in [-0.1, -0.05) is 18.2 Å². The van der Waals surface area contributed by atoms with E-state index in [0.717, 1.165) is 30.2 Å². The van der Waals surface area contributed by atoms with Gasteiger partial charge in [-0.2, -0.15) is 0 Å². The Bertz CT molecular complexity index is 796. The lowest BCUT2D eigenvalue weighted by Gasteiger charge is -2.36. The summed E-state index contributed by atoms with van der Waals surface area (Å²) in [6, 6.07) is 14.1. The van der Waals surface area contributed by atoms with Crippen LogP contribution in [0.2, 0.25) is 0 Å². The predicted octanol–water partition coefficient (Wildman–Crippen LogP) is 4.44. The number of ether oxygens (including phenoxy) is 1. The van der Waals surface area contributed by atoms with Crippen LogP contribution in [0.5, 0.6) is 5.75 Å². The third kappa shape index (κ3) is 4.73. The molecular formula is C22H29N3O2. The van der Waals surface area contributed by atoms with E-state index in [4.69, 9.17) is 4.74 Å². The van der Waals surface area contributed by atoms with Gasteiger partial charge in [0, 0.05) is 31.9 Å². The summed E-state index contributed by atoms with van der Waals surface area (Å²) in [5, 5.41) is 3.02. The fourth-order valence-electron chi connectivity index (χ4n) is 3.24. The first kappa shape index (κ1) is 19.1. The fraction of sp³-hybridized carbons (Fsp3) is 0.409. The number of rotatable bonds is 4. The van der Waals surface area contributed by atoms with Crippen LogP contribution in [0, 0.1) is 13.8 Å². The van der Waals surface area contributed by atoms with Crippen LogP contribution in [0.4, 0.5) is 16.2 Å². The normalized spacial score (nSPS) is 14.4. The van der Waals surface area contributed by atoms with Crippen LogP contribution < -0.4 is 15.0 Å². The number of carbonyl (C=O) groups excluding carboxylic acids is 1. The minimum absolute atomic E-state index is 0.0374. The first-order chi connectivity index (χ1) is 12.9. The third-order valence-electron chi connectivity index (χ3n) is 4.89. The molecule has 144 valence electrons. The van der Waals surface area contributed by atoms with Crippen molar-refractivity contribution >= 4 is 17.4 Å². The van der Waals surface area contributed by atoms with Crippen molar-refractivity contribution in [1.29, 1.82) is 0 Å². The Morgan fingerprint density at radius 1 is 1.00 bits per heavy atom. The summed E-state index contributed by atoms with van der Waals surface area (Å²) in [5.74, 6) is 0.903. The smallest absolute Gasteiger partial charge is 0.321 e. The Morgan fingerprint density at radius 2 is 1.70 bits per heavy atom. The van der Waals surface area contributed by atoms with Crippen molar-refractivity contribution in [2.24, 2.45) is 0 Å². The van der Waals surface area contributed by atoms with Crippen LogP contribution in [-0.2, 0) is 0 Å². The zero-order valence-corrected chi connectivity index (χ0v) is 16.7. The number of piperazine rings is 1. The monoisotopic (exact) mass is 367 g/mol. The summed E-state index contributed by atoms with van der Waals surface area (Å²) in [4.78, 5) is 16.8. The minimum Gasteiger partial charge on any atom is -0.489 e. The SMILES string of the molecule is Cc1ccc(NC(=O)N2CCN(c3ccccc3OC(C)C)CC2)cc1C. The van der Waals surface area contributed by atoms with Gasteiger partial charge < -0.3 is 19.9 Å². The molecule has 1 fully saturated rings. The summed E-state index contributed by atoms with van der Waals surface area (Å²) in [6.07, 6.45) is 0.135. The molecule has 0 atom stereocenters. The van der Waals surface area contributed by atoms with Gasteiger partial charge >= 0.3 is 6.03 Å². The molecule has 0 bridgehead atoms. The molecule has 5 heteroatoms. The summed E-state index contributed by atoms with van der Waals surface area (Å²) in [7, 11) is 0. The number of nitrogens with zero attached hydrogens (tertiary/aromatic N) is 2. The predicted molar refractivity (Wildman–Crippen MR) is 111 cm³/mol. The van der Waals surface area contributed by atoms with Gasteiger partial charge in [-0.05, 0) is 63.1 Å². The maximum Gasteiger partial charge on any atom is 0.321 e. The molecule has 0 unspecified atom stereocenters. The summed E-state index contributed by atoms with van der Waals surface area (Å²) in [5.41, 5.74) is 4.35. The Morgan fingerprint density at radius 3 is 2.37 bits per heavy atom. The van der Waals surface area contributed by atoms with E-state index in [-0.39, 0.29) is 12.1 Å². The standard InChI is InChI=1S/C22H29N3O2/c1-16(2)27-21-8-6-5-7-20(21)24-11-13-25(14-12-24)22(26)23-19-10-9-17(3)18(4)15-19/h5-10,15-16H,11-14H2,1-4H3,(H,23,26). The van der Waals surface area contributed by atoms with Crippen molar-refractivity contribution in [3.63, 3.8) is 0 Å². The molecule has 2 aromatic carbocycles. The molecule has 27 heavy (non-hydrogen) atoms. The fourth-order valence-corrected chi connectivity index (χ4v) is 3.24. The highest BCUT2D eigenvalue weighted by molar-refractivity contribution is 5.89. The zero-order valence-electron chi connectivity index (χ0n) is 16.7. The van der Waals surface area contributed by atoms with Gasteiger partial charge in [-0.25, -0.2) is 4.79 Å². The number of para-hydroxylation sites is 2. The zero-order chi connectivity index (χ0) is 19.4. The average Bonchev–Trinajstić information content (AvgIpc) is 2.65. The number of benzene rings is 2. The van der Waals surface area contributed by atoms with Crippen LogP contribution in [0.1, 0.15) is 25.0 Å². The Balaban J connectivity index is 1.60. The first-order valence-corrected chi connectivity index (χ1v) is 9.58. The number of nitrogens with one attached hydrogen (secondary N) is 1. The van der Waals surface area contributed by atoms with Gasteiger partial charge in [0.25, 0.3) is 0 Å². The van der Waals surface area contributed by atoms with E-state index in [2.05, 4.69) is 30.1 Å². The highest BCUT2D eigenvalue weighted by Gasteiger charge is 2.23. The van der Waals surface area contributed by atoms with Gasteiger partial charge in [0.15, 0.2) is 0 Å². The molecule has 1 saturated heterocycles. The summed E-state index contributed by atoms with van der Waals surface area (Å²) < 4.78 is 5.94. The van der Waals surface area contributed by atoms with Crippen LogP contribution >= 0.6 is 0 Å². The van der Waals surface area contributed by atoms with Crippen molar-refractivity contribution in [3.05, 3.63) is 53.6 Å². The number of hydrogen-bond donors (Lipinski definition) is 1. The van der Waals surface area contributed by atoms with E-state index >= 15 is 0 Å². The Kier molecular flexibility index (Phi) is 5.89. The number of carbonyl (C=O) groups is 1. The minimum atomic E-state index is -0.0374.